The summed E-state index contributed by atoms with van der Waals surface area (Å²) in [5, 5.41) is 5.03. The summed E-state index contributed by atoms with van der Waals surface area (Å²) in [5.74, 6) is 0.829. The smallest absolute Gasteiger partial charge is 0.113 e. The van der Waals surface area contributed by atoms with Gasteiger partial charge >= 0.3 is 0 Å². The normalized spacial score (nSPS) is 29.5. The van der Waals surface area contributed by atoms with Gasteiger partial charge in [-0.1, -0.05) is 6.92 Å². The van der Waals surface area contributed by atoms with Gasteiger partial charge in [0.2, 0.25) is 0 Å². The van der Waals surface area contributed by atoms with Gasteiger partial charge in [0, 0.05) is 10.9 Å². The van der Waals surface area contributed by atoms with Crippen molar-refractivity contribution in [2.75, 3.05) is 0 Å². The fourth-order valence-electron chi connectivity index (χ4n) is 2.71. The molecule has 0 aliphatic heterocycles. The lowest BCUT2D eigenvalue weighted by molar-refractivity contribution is 0.104. The van der Waals surface area contributed by atoms with Crippen LogP contribution in [-0.2, 0) is 5.54 Å². The molecule has 0 aromatic carbocycles. The largest absolute Gasteiger partial charge is 0.303 e. The predicted molar refractivity (Wildman–Crippen MR) is 69.9 cm³/mol. The number of hydrogen-bond donors (Lipinski definition) is 1. The third-order valence-electron chi connectivity index (χ3n) is 3.40. The number of thiazole rings is 1. The summed E-state index contributed by atoms with van der Waals surface area (Å²) in [6.07, 6.45) is 2.47. The van der Waals surface area contributed by atoms with Crippen molar-refractivity contribution in [1.29, 1.82) is 0 Å². The van der Waals surface area contributed by atoms with E-state index in [1.54, 1.807) is 0 Å². The Morgan fingerprint density at radius 1 is 1.38 bits per heavy atom. The highest BCUT2D eigenvalue weighted by Gasteiger charge is 2.45. The van der Waals surface area contributed by atoms with Crippen LogP contribution in [0.3, 0.4) is 0 Å². The molecule has 0 bridgehead atoms. The molecule has 0 amide bonds. The van der Waals surface area contributed by atoms with Crippen molar-refractivity contribution in [3.8, 4) is 0 Å². The van der Waals surface area contributed by atoms with Crippen molar-refractivity contribution in [1.82, 2.24) is 10.3 Å². The van der Waals surface area contributed by atoms with Gasteiger partial charge in [0.05, 0.1) is 11.2 Å². The van der Waals surface area contributed by atoms with E-state index >= 15 is 0 Å². The van der Waals surface area contributed by atoms with Gasteiger partial charge in [-0.15, -0.1) is 11.3 Å². The summed E-state index contributed by atoms with van der Waals surface area (Å²) in [6, 6.07) is 0.525. The van der Waals surface area contributed by atoms with Crippen LogP contribution in [-0.4, -0.2) is 11.0 Å². The molecule has 1 aliphatic carbocycles. The van der Waals surface area contributed by atoms with Gasteiger partial charge in [-0.05, 0) is 46.5 Å². The Morgan fingerprint density at radius 3 is 2.38 bits per heavy atom. The molecular formula is C13H22N2S. The summed E-state index contributed by atoms with van der Waals surface area (Å²) in [4.78, 5) is 6.11. The van der Waals surface area contributed by atoms with Crippen LogP contribution in [0.15, 0.2) is 0 Å². The molecule has 0 saturated heterocycles. The maximum Gasteiger partial charge on any atom is 0.113 e. The van der Waals surface area contributed by atoms with E-state index in [0.29, 0.717) is 6.04 Å². The van der Waals surface area contributed by atoms with Crippen LogP contribution in [0.1, 0.15) is 49.2 Å². The second-order valence-electron chi connectivity index (χ2n) is 5.56. The topological polar surface area (TPSA) is 24.9 Å². The first-order chi connectivity index (χ1) is 7.43. The van der Waals surface area contributed by atoms with Crippen LogP contribution in [0, 0.1) is 19.8 Å². The summed E-state index contributed by atoms with van der Waals surface area (Å²) >= 11 is 1.87. The van der Waals surface area contributed by atoms with Gasteiger partial charge in [0.1, 0.15) is 5.01 Å². The van der Waals surface area contributed by atoms with E-state index in [0.717, 1.165) is 5.92 Å². The Labute approximate surface area is 102 Å². The summed E-state index contributed by atoms with van der Waals surface area (Å²) in [7, 11) is 0. The number of nitrogens with zero attached hydrogens (tertiary/aromatic N) is 1. The molecule has 1 aromatic rings. The molecule has 1 aromatic heterocycles. The number of aromatic nitrogens is 1. The SMILES string of the molecule is Cc1nc(C2(NC(C)C)CC(C)C2)sc1C. The molecule has 16 heavy (non-hydrogen) atoms. The lowest BCUT2D eigenvalue weighted by Crippen LogP contribution is -2.54. The highest BCUT2D eigenvalue weighted by atomic mass is 32.1. The van der Waals surface area contributed by atoms with Gasteiger partial charge in [-0.3, -0.25) is 0 Å². The Hall–Kier alpha value is -0.410. The third-order valence-corrected chi connectivity index (χ3v) is 4.67. The molecule has 0 spiro atoms. The molecule has 0 radical (unpaired) electrons. The zero-order valence-electron chi connectivity index (χ0n) is 10.9. The van der Waals surface area contributed by atoms with Gasteiger partial charge in [0.25, 0.3) is 0 Å². The molecule has 1 saturated carbocycles. The Balaban J connectivity index is 2.26. The summed E-state index contributed by atoms with van der Waals surface area (Å²) < 4.78 is 0. The van der Waals surface area contributed by atoms with Gasteiger partial charge in [-0.25, -0.2) is 4.98 Å². The Bertz CT molecular complexity index is 356. The van der Waals surface area contributed by atoms with Gasteiger partial charge in [-0.2, -0.15) is 0 Å². The monoisotopic (exact) mass is 238 g/mol. The average molecular weight is 238 g/mol. The molecule has 2 nitrogen and oxygen atoms in total. The maximum atomic E-state index is 4.75. The second-order valence-corrected chi connectivity index (χ2v) is 6.76. The van der Waals surface area contributed by atoms with E-state index < -0.39 is 0 Å². The minimum atomic E-state index is 0.178. The van der Waals surface area contributed by atoms with Gasteiger partial charge in [0.15, 0.2) is 0 Å². The molecule has 1 aliphatic rings. The van der Waals surface area contributed by atoms with Crippen molar-refractivity contribution in [3.63, 3.8) is 0 Å². The molecular weight excluding hydrogens is 216 g/mol. The van der Waals surface area contributed by atoms with E-state index in [9.17, 15) is 0 Å². The molecule has 2 rings (SSSR count). The highest BCUT2D eigenvalue weighted by Crippen LogP contribution is 2.47. The Kier molecular flexibility index (Phi) is 3.10. The second kappa shape index (κ2) is 4.11. The van der Waals surface area contributed by atoms with Crippen molar-refractivity contribution >= 4 is 11.3 Å². The zero-order valence-corrected chi connectivity index (χ0v) is 11.7. The quantitative estimate of drug-likeness (QED) is 0.873. The Morgan fingerprint density at radius 2 is 2.00 bits per heavy atom. The molecule has 1 fully saturated rings. The predicted octanol–water partition coefficient (Wildman–Crippen LogP) is 3.38. The zero-order chi connectivity index (χ0) is 11.9. The third kappa shape index (κ3) is 2.03. The van der Waals surface area contributed by atoms with E-state index in [1.165, 1.54) is 28.4 Å². The first kappa shape index (κ1) is 12.1. The average Bonchev–Trinajstić information content (AvgIpc) is 2.43. The van der Waals surface area contributed by atoms with Crippen LogP contribution in [0.2, 0.25) is 0 Å². The maximum absolute atomic E-state index is 4.75. The van der Waals surface area contributed by atoms with Gasteiger partial charge < -0.3 is 5.32 Å². The number of nitrogens with one attached hydrogen (secondary N) is 1. The molecule has 1 N–H and O–H groups in total. The number of hydrogen-bond acceptors (Lipinski definition) is 3. The molecule has 0 unspecified atom stereocenters. The fraction of sp³-hybridized carbons (Fsp3) is 0.769. The summed E-state index contributed by atoms with van der Waals surface area (Å²) in [5.41, 5.74) is 1.38. The van der Waals surface area contributed by atoms with Crippen LogP contribution in [0.4, 0.5) is 0 Å². The van der Waals surface area contributed by atoms with Crippen LogP contribution < -0.4 is 5.32 Å². The fourth-order valence-corrected chi connectivity index (χ4v) is 3.80. The first-order valence-corrected chi connectivity index (χ1v) is 6.97. The standard InChI is InChI=1S/C13H22N2S/c1-8(2)15-13(6-9(3)7-13)12-14-10(4)11(5)16-12/h8-9,15H,6-7H2,1-5H3. The van der Waals surface area contributed by atoms with Crippen LogP contribution in [0.5, 0.6) is 0 Å². The number of aryl methyl sites for hydroxylation is 2. The van der Waals surface area contributed by atoms with E-state index in [4.69, 9.17) is 4.98 Å². The van der Waals surface area contributed by atoms with Crippen molar-refractivity contribution < 1.29 is 0 Å². The number of rotatable bonds is 3. The van der Waals surface area contributed by atoms with Crippen LogP contribution in [0.25, 0.3) is 0 Å². The van der Waals surface area contributed by atoms with E-state index in [2.05, 4.69) is 39.9 Å². The molecule has 3 heteroatoms. The van der Waals surface area contributed by atoms with Crippen molar-refractivity contribution in [2.24, 2.45) is 5.92 Å². The van der Waals surface area contributed by atoms with Crippen molar-refractivity contribution in [3.05, 3.63) is 15.6 Å². The lowest BCUT2D eigenvalue weighted by atomic mass is 9.69. The van der Waals surface area contributed by atoms with Crippen molar-refractivity contribution in [2.45, 2.75) is 59.0 Å². The molecule has 90 valence electrons. The van der Waals surface area contributed by atoms with E-state index in [-0.39, 0.29) is 5.54 Å². The minimum Gasteiger partial charge on any atom is -0.303 e. The molecule has 1 heterocycles. The van der Waals surface area contributed by atoms with Crippen LogP contribution >= 0.6 is 11.3 Å². The minimum absolute atomic E-state index is 0.178. The summed E-state index contributed by atoms with van der Waals surface area (Å²) in [6.45, 7) is 11.0. The lowest BCUT2D eigenvalue weighted by Gasteiger charge is -2.47. The van der Waals surface area contributed by atoms with E-state index in [1.807, 2.05) is 11.3 Å². The molecule has 0 atom stereocenters. The highest BCUT2D eigenvalue weighted by molar-refractivity contribution is 7.11. The first-order valence-electron chi connectivity index (χ1n) is 6.15.